The van der Waals surface area contributed by atoms with Crippen LogP contribution < -0.4 is 10.9 Å². The summed E-state index contributed by atoms with van der Waals surface area (Å²) < 4.78 is 6.55. The minimum atomic E-state index is -0.155. The number of nitrogens with one attached hydrogen (secondary N) is 1. The first kappa shape index (κ1) is 16.6. The maximum atomic E-state index is 12.5. The van der Waals surface area contributed by atoms with Gasteiger partial charge in [0.1, 0.15) is 4.83 Å². The van der Waals surface area contributed by atoms with Gasteiger partial charge in [-0.1, -0.05) is 6.92 Å². The van der Waals surface area contributed by atoms with E-state index >= 15 is 0 Å². The van der Waals surface area contributed by atoms with E-state index in [-0.39, 0.29) is 11.5 Å². The molecular weight excluding hydrogens is 302 g/mol. The van der Waals surface area contributed by atoms with Gasteiger partial charge in [-0.15, -0.1) is 11.3 Å². The number of thiophene rings is 1. The highest BCUT2D eigenvalue weighted by Gasteiger charge is 2.18. The number of hydrogen-bond acceptors (Lipinski definition) is 5. The number of nitrogens with zero attached hydrogens (tertiary/aromatic N) is 2. The summed E-state index contributed by atoms with van der Waals surface area (Å²) >= 11 is 1.27. The second-order valence-electron chi connectivity index (χ2n) is 5.08. The molecule has 0 aromatic carbocycles. The van der Waals surface area contributed by atoms with E-state index in [2.05, 4.69) is 10.3 Å². The normalized spacial score (nSPS) is 11.0. The van der Waals surface area contributed by atoms with E-state index in [1.54, 1.807) is 18.0 Å². The van der Waals surface area contributed by atoms with Crippen molar-refractivity contribution in [3.63, 3.8) is 0 Å². The summed E-state index contributed by atoms with van der Waals surface area (Å²) in [5, 5.41) is 3.41. The highest BCUT2D eigenvalue weighted by molar-refractivity contribution is 7.20. The van der Waals surface area contributed by atoms with E-state index in [4.69, 9.17) is 4.74 Å². The van der Waals surface area contributed by atoms with Gasteiger partial charge in [-0.2, -0.15) is 0 Å². The topological polar surface area (TPSA) is 73.2 Å². The molecule has 0 aliphatic carbocycles. The predicted molar refractivity (Wildman–Crippen MR) is 87.7 cm³/mol. The molecule has 0 unspecified atom stereocenters. The second kappa shape index (κ2) is 7.51. The number of carbonyl (C=O) groups excluding carboxylic acids is 1. The molecule has 2 aromatic heterocycles. The number of rotatable bonds is 7. The van der Waals surface area contributed by atoms with Crippen molar-refractivity contribution in [3.8, 4) is 0 Å². The van der Waals surface area contributed by atoms with E-state index in [1.807, 2.05) is 13.8 Å². The van der Waals surface area contributed by atoms with Crippen LogP contribution in [0.1, 0.15) is 35.0 Å². The van der Waals surface area contributed by atoms with Crippen LogP contribution in [-0.2, 0) is 11.3 Å². The van der Waals surface area contributed by atoms with E-state index < -0.39 is 0 Å². The monoisotopic (exact) mass is 323 g/mol. The Morgan fingerprint density at radius 1 is 1.50 bits per heavy atom. The van der Waals surface area contributed by atoms with Crippen molar-refractivity contribution >= 4 is 27.5 Å². The molecule has 0 aliphatic rings. The molecule has 0 saturated carbocycles. The van der Waals surface area contributed by atoms with Crippen molar-refractivity contribution in [1.82, 2.24) is 14.9 Å². The van der Waals surface area contributed by atoms with Gasteiger partial charge < -0.3 is 10.1 Å². The fourth-order valence-electron chi connectivity index (χ4n) is 2.27. The third-order valence-corrected chi connectivity index (χ3v) is 4.60. The number of ether oxygens (including phenoxy) is 1. The summed E-state index contributed by atoms with van der Waals surface area (Å²) in [5.74, 6) is -0.155. The zero-order valence-corrected chi connectivity index (χ0v) is 14.0. The Hall–Kier alpha value is -1.73. The maximum Gasteiger partial charge on any atom is 0.262 e. The van der Waals surface area contributed by atoms with Gasteiger partial charge in [0.2, 0.25) is 0 Å². The number of amides is 1. The van der Waals surface area contributed by atoms with Crippen molar-refractivity contribution < 1.29 is 9.53 Å². The molecule has 7 heteroatoms. The van der Waals surface area contributed by atoms with Crippen molar-refractivity contribution in [2.45, 2.75) is 33.2 Å². The average Bonchev–Trinajstić information content (AvgIpc) is 2.84. The van der Waals surface area contributed by atoms with Crippen molar-refractivity contribution in [2.75, 3.05) is 20.3 Å². The number of aromatic nitrogens is 2. The van der Waals surface area contributed by atoms with Crippen LogP contribution in [0.5, 0.6) is 0 Å². The fourth-order valence-corrected chi connectivity index (χ4v) is 3.33. The minimum Gasteiger partial charge on any atom is -0.385 e. The van der Waals surface area contributed by atoms with Crippen LogP contribution >= 0.6 is 11.3 Å². The van der Waals surface area contributed by atoms with E-state index in [0.29, 0.717) is 40.4 Å². The Balaban J connectivity index is 2.28. The van der Waals surface area contributed by atoms with Crippen LogP contribution in [-0.4, -0.2) is 35.7 Å². The zero-order chi connectivity index (χ0) is 16.1. The molecule has 2 heterocycles. The molecule has 0 fully saturated rings. The fraction of sp³-hybridized carbons (Fsp3) is 0.533. The van der Waals surface area contributed by atoms with E-state index in [0.717, 1.165) is 12.8 Å². The van der Waals surface area contributed by atoms with Crippen molar-refractivity contribution in [3.05, 3.63) is 27.1 Å². The summed E-state index contributed by atoms with van der Waals surface area (Å²) in [5.41, 5.74) is 0.645. The molecule has 2 aromatic rings. The number of aryl methyl sites for hydroxylation is 2. The van der Waals surface area contributed by atoms with Crippen LogP contribution in [0.4, 0.5) is 0 Å². The SMILES string of the molecule is CCCn1cnc2sc(C(=O)NCCCOC)c(C)c2c1=O. The van der Waals surface area contributed by atoms with E-state index in [9.17, 15) is 9.59 Å². The first-order valence-electron chi connectivity index (χ1n) is 7.35. The molecule has 0 saturated heterocycles. The lowest BCUT2D eigenvalue weighted by atomic mass is 10.2. The summed E-state index contributed by atoms with van der Waals surface area (Å²) in [6.07, 6.45) is 3.18. The minimum absolute atomic E-state index is 0.0703. The molecule has 6 nitrogen and oxygen atoms in total. The Labute approximate surface area is 133 Å². The Kier molecular flexibility index (Phi) is 5.68. The lowest BCUT2D eigenvalue weighted by molar-refractivity contribution is 0.0952. The molecule has 0 atom stereocenters. The third kappa shape index (κ3) is 3.36. The lowest BCUT2D eigenvalue weighted by Gasteiger charge is -2.04. The molecule has 120 valence electrons. The van der Waals surface area contributed by atoms with Crippen molar-refractivity contribution in [1.29, 1.82) is 0 Å². The average molecular weight is 323 g/mol. The van der Waals surface area contributed by atoms with Gasteiger partial charge in [0.05, 0.1) is 16.6 Å². The van der Waals surface area contributed by atoms with Gasteiger partial charge in [-0.3, -0.25) is 14.2 Å². The van der Waals surface area contributed by atoms with Gasteiger partial charge in [0, 0.05) is 26.8 Å². The van der Waals surface area contributed by atoms with Gasteiger partial charge in [-0.05, 0) is 25.3 Å². The Bertz CT molecular complexity index is 721. The number of hydrogen-bond donors (Lipinski definition) is 1. The van der Waals surface area contributed by atoms with Crippen LogP contribution in [0, 0.1) is 6.92 Å². The molecule has 2 rings (SSSR count). The molecule has 0 aliphatic heterocycles. The van der Waals surface area contributed by atoms with E-state index in [1.165, 1.54) is 11.3 Å². The molecule has 0 spiro atoms. The summed E-state index contributed by atoms with van der Waals surface area (Å²) in [6.45, 7) is 5.61. The number of methoxy groups -OCH3 is 1. The molecule has 1 N–H and O–H groups in total. The summed E-state index contributed by atoms with van der Waals surface area (Å²) in [4.78, 5) is 30.2. The van der Waals surface area contributed by atoms with Crippen LogP contribution in [0.3, 0.4) is 0 Å². The smallest absolute Gasteiger partial charge is 0.262 e. The molecular formula is C15H21N3O3S. The first-order valence-corrected chi connectivity index (χ1v) is 8.17. The first-order chi connectivity index (χ1) is 10.6. The Morgan fingerprint density at radius 2 is 2.27 bits per heavy atom. The summed E-state index contributed by atoms with van der Waals surface area (Å²) in [6, 6.07) is 0. The maximum absolute atomic E-state index is 12.5. The quantitative estimate of drug-likeness (QED) is 0.790. The van der Waals surface area contributed by atoms with Crippen LogP contribution in [0.2, 0.25) is 0 Å². The van der Waals surface area contributed by atoms with Crippen LogP contribution in [0.15, 0.2) is 11.1 Å². The largest absolute Gasteiger partial charge is 0.385 e. The Morgan fingerprint density at radius 3 is 2.95 bits per heavy atom. The zero-order valence-electron chi connectivity index (χ0n) is 13.1. The molecule has 1 amide bonds. The van der Waals surface area contributed by atoms with Gasteiger partial charge in [0.15, 0.2) is 0 Å². The number of carbonyl (C=O) groups is 1. The van der Waals surface area contributed by atoms with Gasteiger partial charge in [0.25, 0.3) is 11.5 Å². The summed E-state index contributed by atoms with van der Waals surface area (Å²) in [7, 11) is 1.63. The van der Waals surface area contributed by atoms with Crippen molar-refractivity contribution in [2.24, 2.45) is 0 Å². The highest BCUT2D eigenvalue weighted by Crippen LogP contribution is 2.26. The third-order valence-electron chi connectivity index (χ3n) is 3.40. The number of fused-ring (bicyclic) bond motifs is 1. The molecule has 22 heavy (non-hydrogen) atoms. The molecule has 0 bridgehead atoms. The molecule has 0 radical (unpaired) electrons. The highest BCUT2D eigenvalue weighted by atomic mass is 32.1. The lowest BCUT2D eigenvalue weighted by Crippen LogP contribution is -2.25. The van der Waals surface area contributed by atoms with Gasteiger partial charge in [-0.25, -0.2) is 4.98 Å². The predicted octanol–water partition coefficient (Wildman–Crippen LogP) is 1.94. The standard InChI is InChI=1S/C15H21N3O3S/c1-4-7-18-9-17-14-11(15(18)20)10(2)12(22-14)13(19)16-6-5-8-21-3/h9H,4-8H2,1-3H3,(H,16,19). The van der Waals surface area contributed by atoms with Gasteiger partial charge >= 0.3 is 0 Å². The van der Waals surface area contributed by atoms with Crippen LogP contribution in [0.25, 0.3) is 10.2 Å². The second-order valence-corrected chi connectivity index (χ2v) is 6.08.